The molecule has 0 bridgehead atoms. The zero-order valence-electron chi connectivity index (χ0n) is 12.4. The smallest absolute Gasteiger partial charge is 0.227 e. The molecule has 2 heterocycles. The normalized spacial score (nSPS) is 12.6. The molecule has 0 amide bonds. The van der Waals surface area contributed by atoms with E-state index in [0.717, 1.165) is 36.9 Å². The van der Waals surface area contributed by atoms with Crippen molar-refractivity contribution in [3.05, 3.63) is 29.9 Å². The van der Waals surface area contributed by atoms with Gasteiger partial charge in [0.25, 0.3) is 0 Å². The van der Waals surface area contributed by atoms with Crippen molar-refractivity contribution in [3.63, 3.8) is 0 Å². The van der Waals surface area contributed by atoms with Crippen molar-refractivity contribution < 1.29 is 4.52 Å². The van der Waals surface area contributed by atoms with Crippen LogP contribution >= 0.6 is 0 Å². The highest BCUT2D eigenvalue weighted by molar-refractivity contribution is 5.57. The number of hydrogen-bond acceptors (Lipinski definition) is 5. The average Bonchev–Trinajstić information content (AvgIpc) is 2.92. The molecule has 0 fully saturated rings. The quantitative estimate of drug-likeness (QED) is 0.841. The Bertz CT molecular complexity index is 538. The van der Waals surface area contributed by atoms with Gasteiger partial charge in [-0.15, -0.1) is 0 Å². The van der Waals surface area contributed by atoms with E-state index < -0.39 is 0 Å². The largest absolute Gasteiger partial charge is 0.339 e. The van der Waals surface area contributed by atoms with Crippen molar-refractivity contribution in [2.45, 2.75) is 46.1 Å². The Morgan fingerprint density at radius 1 is 1.40 bits per heavy atom. The second-order valence-corrected chi connectivity index (χ2v) is 5.10. The number of aryl methyl sites for hydroxylation is 2. The topological polar surface area (TPSA) is 63.8 Å². The summed E-state index contributed by atoms with van der Waals surface area (Å²) in [4.78, 5) is 8.53. The average molecular weight is 274 g/mol. The van der Waals surface area contributed by atoms with Crippen LogP contribution in [0.4, 0.5) is 0 Å². The summed E-state index contributed by atoms with van der Waals surface area (Å²) < 4.78 is 5.32. The molecule has 2 rings (SSSR count). The van der Waals surface area contributed by atoms with E-state index in [1.54, 1.807) is 6.20 Å². The molecule has 20 heavy (non-hydrogen) atoms. The van der Waals surface area contributed by atoms with Crippen LogP contribution < -0.4 is 5.32 Å². The molecule has 1 N–H and O–H groups in total. The molecule has 0 radical (unpaired) electrons. The number of rotatable bonds is 7. The molecule has 1 atom stereocenters. The number of hydrogen-bond donors (Lipinski definition) is 1. The predicted molar refractivity (Wildman–Crippen MR) is 78.3 cm³/mol. The van der Waals surface area contributed by atoms with Crippen LogP contribution in [0.25, 0.3) is 11.4 Å². The van der Waals surface area contributed by atoms with Gasteiger partial charge in [0.2, 0.25) is 11.7 Å². The lowest BCUT2D eigenvalue weighted by atomic mass is 10.1. The summed E-state index contributed by atoms with van der Waals surface area (Å²) in [5.74, 6) is 1.34. The molecular weight excluding hydrogens is 252 g/mol. The third-order valence-corrected chi connectivity index (χ3v) is 3.26. The molecule has 0 spiro atoms. The van der Waals surface area contributed by atoms with Crippen molar-refractivity contribution in [1.29, 1.82) is 0 Å². The van der Waals surface area contributed by atoms with Crippen molar-refractivity contribution in [2.24, 2.45) is 0 Å². The Balaban J connectivity index is 1.94. The van der Waals surface area contributed by atoms with E-state index in [-0.39, 0.29) is 0 Å². The molecule has 0 saturated heterocycles. The van der Waals surface area contributed by atoms with Gasteiger partial charge in [0.15, 0.2) is 0 Å². The molecule has 5 nitrogen and oxygen atoms in total. The van der Waals surface area contributed by atoms with Gasteiger partial charge in [0.1, 0.15) is 0 Å². The Kier molecular flexibility index (Phi) is 5.24. The van der Waals surface area contributed by atoms with Gasteiger partial charge in [-0.3, -0.25) is 4.98 Å². The molecule has 0 saturated carbocycles. The van der Waals surface area contributed by atoms with Crippen LogP contribution in [0.1, 0.15) is 38.1 Å². The first-order valence-electron chi connectivity index (χ1n) is 7.17. The molecule has 0 aliphatic carbocycles. The van der Waals surface area contributed by atoms with Gasteiger partial charge in [-0.2, -0.15) is 4.98 Å². The van der Waals surface area contributed by atoms with Crippen LogP contribution in [0.2, 0.25) is 0 Å². The summed E-state index contributed by atoms with van der Waals surface area (Å²) in [6.45, 7) is 7.39. The number of nitrogens with zero attached hydrogens (tertiary/aromatic N) is 3. The zero-order chi connectivity index (χ0) is 14.4. The number of nitrogens with one attached hydrogen (secondary N) is 1. The van der Waals surface area contributed by atoms with Gasteiger partial charge in [-0.1, -0.05) is 12.1 Å². The number of aromatic nitrogens is 3. The summed E-state index contributed by atoms with van der Waals surface area (Å²) in [6, 6.07) is 2.38. The van der Waals surface area contributed by atoms with Crippen LogP contribution in [0.5, 0.6) is 0 Å². The molecule has 0 aliphatic rings. The molecule has 5 heteroatoms. The minimum absolute atomic E-state index is 0.466. The Labute approximate surface area is 119 Å². The second-order valence-electron chi connectivity index (χ2n) is 5.10. The van der Waals surface area contributed by atoms with Crippen molar-refractivity contribution in [3.8, 4) is 11.4 Å². The fraction of sp³-hybridized carbons (Fsp3) is 0.533. The Morgan fingerprint density at radius 2 is 2.25 bits per heavy atom. The maximum atomic E-state index is 5.32. The Hall–Kier alpha value is -1.75. The predicted octanol–water partition coefficient (Wildman–Crippen LogP) is 2.76. The number of pyridine rings is 1. The first-order valence-corrected chi connectivity index (χ1v) is 7.17. The highest BCUT2D eigenvalue weighted by Gasteiger charge is 2.11. The van der Waals surface area contributed by atoms with Crippen molar-refractivity contribution in [1.82, 2.24) is 20.4 Å². The molecule has 2 aromatic rings. The minimum Gasteiger partial charge on any atom is -0.339 e. The molecular formula is C15H22N4O. The molecule has 0 aromatic carbocycles. The van der Waals surface area contributed by atoms with Gasteiger partial charge in [-0.05, 0) is 44.9 Å². The van der Waals surface area contributed by atoms with Crippen molar-refractivity contribution >= 4 is 0 Å². The van der Waals surface area contributed by atoms with Crippen LogP contribution in [-0.2, 0) is 6.42 Å². The summed E-state index contributed by atoms with van der Waals surface area (Å²) in [7, 11) is 0. The first-order chi connectivity index (χ1) is 9.70. The summed E-state index contributed by atoms with van der Waals surface area (Å²) >= 11 is 0. The van der Waals surface area contributed by atoms with E-state index in [0.29, 0.717) is 17.8 Å². The fourth-order valence-corrected chi connectivity index (χ4v) is 2.02. The molecule has 2 aromatic heterocycles. The maximum Gasteiger partial charge on any atom is 0.227 e. The standard InChI is InChI=1S/C15H22N4O/c1-4-8-17-12(3)5-6-14-18-15(19-20-14)13-7-9-16-10-11(13)2/h7,9-10,12,17H,4-6,8H2,1-3H3. The molecule has 108 valence electrons. The SMILES string of the molecule is CCCNC(C)CCc1nc(-c2ccncc2C)no1. The fourth-order valence-electron chi connectivity index (χ4n) is 2.02. The van der Waals surface area contributed by atoms with Gasteiger partial charge in [0, 0.05) is 30.4 Å². The van der Waals surface area contributed by atoms with Crippen molar-refractivity contribution in [2.75, 3.05) is 6.54 Å². The van der Waals surface area contributed by atoms with Gasteiger partial charge in [0.05, 0.1) is 0 Å². The second kappa shape index (κ2) is 7.14. The van der Waals surface area contributed by atoms with E-state index in [4.69, 9.17) is 4.52 Å². The monoisotopic (exact) mass is 274 g/mol. The third-order valence-electron chi connectivity index (χ3n) is 3.26. The zero-order valence-corrected chi connectivity index (χ0v) is 12.4. The summed E-state index contributed by atoms with van der Waals surface area (Å²) in [6.07, 6.45) is 6.50. The highest BCUT2D eigenvalue weighted by atomic mass is 16.5. The van der Waals surface area contributed by atoms with E-state index in [2.05, 4.69) is 34.3 Å². The van der Waals surface area contributed by atoms with E-state index in [1.165, 1.54) is 0 Å². The van der Waals surface area contributed by atoms with E-state index in [1.807, 2.05) is 19.2 Å². The van der Waals surface area contributed by atoms with Crippen LogP contribution in [0.3, 0.4) is 0 Å². The third kappa shape index (κ3) is 3.87. The lowest BCUT2D eigenvalue weighted by Gasteiger charge is -2.10. The van der Waals surface area contributed by atoms with Crippen LogP contribution in [-0.4, -0.2) is 27.7 Å². The summed E-state index contributed by atoms with van der Waals surface area (Å²) in [5, 5.41) is 7.51. The highest BCUT2D eigenvalue weighted by Crippen LogP contribution is 2.19. The Morgan fingerprint density at radius 3 is 3.00 bits per heavy atom. The molecule has 1 unspecified atom stereocenters. The lowest BCUT2D eigenvalue weighted by Crippen LogP contribution is -2.27. The van der Waals surface area contributed by atoms with Gasteiger partial charge in [-0.25, -0.2) is 0 Å². The first kappa shape index (κ1) is 14.7. The van der Waals surface area contributed by atoms with Crippen LogP contribution in [0.15, 0.2) is 23.0 Å². The van der Waals surface area contributed by atoms with E-state index >= 15 is 0 Å². The van der Waals surface area contributed by atoms with Crippen LogP contribution in [0, 0.1) is 6.92 Å². The lowest BCUT2D eigenvalue weighted by molar-refractivity contribution is 0.367. The maximum absolute atomic E-state index is 5.32. The van der Waals surface area contributed by atoms with Gasteiger partial charge >= 0.3 is 0 Å². The molecule has 0 aliphatic heterocycles. The minimum atomic E-state index is 0.466. The van der Waals surface area contributed by atoms with Gasteiger partial charge < -0.3 is 9.84 Å². The van der Waals surface area contributed by atoms with E-state index in [9.17, 15) is 0 Å². The summed E-state index contributed by atoms with van der Waals surface area (Å²) in [5.41, 5.74) is 2.03.